The Balaban J connectivity index is 2.34. The highest BCUT2D eigenvalue weighted by Crippen LogP contribution is 2.25. The van der Waals surface area contributed by atoms with Crippen LogP contribution in [0.3, 0.4) is 0 Å². The molecule has 110 valence electrons. The van der Waals surface area contributed by atoms with Crippen molar-refractivity contribution in [1.29, 1.82) is 0 Å². The zero-order valence-corrected chi connectivity index (χ0v) is 13.9. The lowest BCUT2D eigenvalue weighted by Crippen LogP contribution is -2.30. The number of aliphatic carboxylic acids is 1. The highest BCUT2D eigenvalue weighted by atomic mass is 79.9. The van der Waals surface area contributed by atoms with E-state index in [1.807, 2.05) is 25.1 Å². The molecule has 0 bridgehead atoms. The lowest BCUT2D eigenvalue weighted by molar-refractivity contribution is -0.138. The Kier molecular flexibility index (Phi) is 7.09. The number of carbonyl (C=O) groups is 2. The van der Waals surface area contributed by atoms with Crippen molar-refractivity contribution < 1.29 is 14.7 Å². The van der Waals surface area contributed by atoms with Gasteiger partial charge in [-0.3, -0.25) is 9.59 Å². The summed E-state index contributed by atoms with van der Waals surface area (Å²) in [4.78, 5) is 23.3. The molecule has 0 radical (unpaired) electrons. The molecule has 6 heteroatoms. The minimum absolute atomic E-state index is 0.0594. The number of hydrogen-bond donors (Lipinski definition) is 2. The molecule has 1 atom stereocenters. The summed E-state index contributed by atoms with van der Waals surface area (Å²) in [7, 11) is 0. The second-order valence-corrected chi connectivity index (χ2v) is 6.64. The highest BCUT2D eigenvalue weighted by Gasteiger charge is 2.10. The zero-order valence-electron chi connectivity index (χ0n) is 11.5. The van der Waals surface area contributed by atoms with Crippen molar-refractivity contribution in [2.45, 2.75) is 25.2 Å². The van der Waals surface area contributed by atoms with Crippen LogP contribution in [0.25, 0.3) is 0 Å². The average molecular weight is 360 g/mol. The summed E-state index contributed by atoms with van der Waals surface area (Å²) >= 11 is 4.88. The Labute approximate surface area is 131 Å². The molecule has 0 aliphatic carbocycles. The van der Waals surface area contributed by atoms with Crippen LogP contribution in [0.4, 0.5) is 0 Å². The minimum atomic E-state index is -0.841. The topological polar surface area (TPSA) is 66.4 Å². The average Bonchev–Trinajstić information content (AvgIpc) is 2.34. The van der Waals surface area contributed by atoms with Crippen LogP contribution in [0.15, 0.2) is 27.6 Å². The first-order chi connectivity index (χ1) is 9.38. The van der Waals surface area contributed by atoms with Crippen LogP contribution in [0, 0.1) is 12.8 Å². The summed E-state index contributed by atoms with van der Waals surface area (Å²) in [5.41, 5.74) is 1.12. The van der Waals surface area contributed by atoms with Gasteiger partial charge in [-0.25, -0.2) is 0 Å². The summed E-state index contributed by atoms with van der Waals surface area (Å²) < 4.78 is 1.02. The fraction of sp³-hybridized carbons (Fsp3) is 0.429. The van der Waals surface area contributed by atoms with E-state index in [1.54, 1.807) is 6.92 Å². The Morgan fingerprint density at radius 2 is 2.15 bits per heavy atom. The third-order valence-electron chi connectivity index (χ3n) is 2.67. The van der Waals surface area contributed by atoms with E-state index >= 15 is 0 Å². The van der Waals surface area contributed by atoms with Crippen molar-refractivity contribution in [3.63, 3.8) is 0 Å². The van der Waals surface area contributed by atoms with E-state index in [0.717, 1.165) is 14.9 Å². The molecule has 1 aromatic rings. The molecule has 0 spiro atoms. The Bertz CT molecular complexity index is 493. The van der Waals surface area contributed by atoms with Crippen molar-refractivity contribution in [1.82, 2.24) is 5.32 Å². The van der Waals surface area contributed by atoms with Gasteiger partial charge >= 0.3 is 5.97 Å². The third-order valence-corrected chi connectivity index (χ3v) is 4.34. The summed E-state index contributed by atoms with van der Waals surface area (Å²) in [6.07, 6.45) is 0.0687. The molecule has 0 heterocycles. The second kappa shape index (κ2) is 8.32. The van der Waals surface area contributed by atoms with Gasteiger partial charge in [0.1, 0.15) is 0 Å². The Hall–Kier alpha value is -1.01. The monoisotopic (exact) mass is 359 g/mol. The van der Waals surface area contributed by atoms with Crippen LogP contribution in [0.1, 0.15) is 18.9 Å². The van der Waals surface area contributed by atoms with Crippen LogP contribution in [0.2, 0.25) is 0 Å². The SMILES string of the molecule is Cc1cc(Br)ccc1SCC(=O)NCC(C)CC(=O)O. The summed E-state index contributed by atoms with van der Waals surface area (Å²) in [6.45, 7) is 4.20. The van der Waals surface area contributed by atoms with Crippen LogP contribution < -0.4 is 5.32 Å². The zero-order chi connectivity index (χ0) is 15.1. The van der Waals surface area contributed by atoms with Crippen molar-refractivity contribution in [3.8, 4) is 0 Å². The van der Waals surface area contributed by atoms with E-state index in [2.05, 4.69) is 21.2 Å². The van der Waals surface area contributed by atoms with Gasteiger partial charge in [0.25, 0.3) is 0 Å². The standard InChI is InChI=1S/C14H18BrNO3S/c1-9(5-14(18)19)7-16-13(17)8-20-12-4-3-11(15)6-10(12)2/h3-4,6,9H,5,7-8H2,1-2H3,(H,16,17)(H,18,19). The first-order valence-electron chi connectivity index (χ1n) is 6.26. The number of rotatable bonds is 7. The molecule has 1 amide bonds. The number of amides is 1. The maximum absolute atomic E-state index is 11.7. The highest BCUT2D eigenvalue weighted by molar-refractivity contribution is 9.10. The number of benzene rings is 1. The van der Waals surface area contributed by atoms with Crippen LogP contribution in [0.5, 0.6) is 0 Å². The molecule has 4 nitrogen and oxygen atoms in total. The molecular weight excluding hydrogens is 342 g/mol. The van der Waals surface area contributed by atoms with Crippen molar-refractivity contribution in [2.24, 2.45) is 5.92 Å². The van der Waals surface area contributed by atoms with Crippen molar-refractivity contribution >= 4 is 39.6 Å². The number of halogens is 1. The largest absolute Gasteiger partial charge is 0.481 e. The summed E-state index contributed by atoms with van der Waals surface area (Å²) in [5.74, 6) is -0.639. The summed E-state index contributed by atoms with van der Waals surface area (Å²) in [6, 6.07) is 5.93. The van der Waals surface area contributed by atoms with E-state index in [0.29, 0.717) is 12.3 Å². The van der Waals surface area contributed by atoms with Gasteiger partial charge < -0.3 is 10.4 Å². The minimum Gasteiger partial charge on any atom is -0.481 e. The quantitative estimate of drug-likeness (QED) is 0.734. The molecule has 20 heavy (non-hydrogen) atoms. The van der Waals surface area contributed by atoms with Crippen LogP contribution >= 0.6 is 27.7 Å². The van der Waals surface area contributed by atoms with Gasteiger partial charge in [0.15, 0.2) is 0 Å². The molecule has 0 aromatic heterocycles. The maximum Gasteiger partial charge on any atom is 0.303 e. The lowest BCUT2D eigenvalue weighted by Gasteiger charge is -2.10. The molecule has 1 aromatic carbocycles. The predicted molar refractivity (Wildman–Crippen MR) is 84.0 cm³/mol. The molecule has 0 saturated carbocycles. The smallest absolute Gasteiger partial charge is 0.303 e. The van der Waals surface area contributed by atoms with Gasteiger partial charge in [-0.1, -0.05) is 22.9 Å². The second-order valence-electron chi connectivity index (χ2n) is 4.71. The number of carboxylic acids is 1. The van der Waals surface area contributed by atoms with Crippen LogP contribution in [-0.2, 0) is 9.59 Å². The van der Waals surface area contributed by atoms with Gasteiger partial charge in [0.05, 0.1) is 5.75 Å². The third kappa shape index (κ3) is 6.43. The fourth-order valence-corrected chi connectivity index (χ4v) is 2.94. The molecule has 1 unspecified atom stereocenters. The number of aryl methyl sites for hydroxylation is 1. The van der Waals surface area contributed by atoms with Crippen LogP contribution in [-0.4, -0.2) is 29.3 Å². The molecule has 0 aliphatic heterocycles. The molecule has 1 rings (SSSR count). The molecule has 0 aliphatic rings. The first-order valence-corrected chi connectivity index (χ1v) is 8.03. The maximum atomic E-state index is 11.7. The molecule has 0 saturated heterocycles. The van der Waals surface area contributed by atoms with Crippen molar-refractivity contribution in [2.75, 3.05) is 12.3 Å². The van der Waals surface area contributed by atoms with E-state index in [1.165, 1.54) is 11.8 Å². The van der Waals surface area contributed by atoms with Gasteiger partial charge in [-0.15, -0.1) is 11.8 Å². The predicted octanol–water partition coefficient (Wildman–Crippen LogP) is 3.08. The lowest BCUT2D eigenvalue weighted by atomic mass is 10.1. The van der Waals surface area contributed by atoms with E-state index in [4.69, 9.17) is 5.11 Å². The summed E-state index contributed by atoms with van der Waals surface area (Å²) in [5, 5.41) is 11.4. The number of hydrogen-bond acceptors (Lipinski definition) is 3. The first kappa shape index (κ1) is 17.0. The normalized spacial score (nSPS) is 11.9. The van der Waals surface area contributed by atoms with Gasteiger partial charge in [-0.2, -0.15) is 0 Å². The van der Waals surface area contributed by atoms with E-state index in [9.17, 15) is 9.59 Å². The molecular formula is C14H18BrNO3S. The number of nitrogens with one attached hydrogen (secondary N) is 1. The molecule has 0 fully saturated rings. The van der Waals surface area contributed by atoms with E-state index in [-0.39, 0.29) is 18.2 Å². The Morgan fingerprint density at radius 3 is 2.75 bits per heavy atom. The fourth-order valence-electron chi connectivity index (χ4n) is 1.63. The van der Waals surface area contributed by atoms with Gasteiger partial charge in [0.2, 0.25) is 5.91 Å². The number of thioether (sulfide) groups is 1. The number of carbonyl (C=O) groups excluding carboxylic acids is 1. The van der Waals surface area contributed by atoms with E-state index < -0.39 is 5.97 Å². The number of carboxylic acid groups (broad SMARTS) is 1. The molecule has 2 N–H and O–H groups in total. The van der Waals surface area contributed by atoms with Crippen molar-refractivity contribution in [3.05, 3.63) is 28.2 Å². The van der Waals surface area contributed by atoms with Gasteiger partial charge in [0, 0.05) is 22.3 Å². The Morgan fingerprint density at radius 1 is 1.45 bits per heavy atom. The van der Waals surface area contributed by atoms with Gasteiger partial charge in [-0.05, 0) is 36.6 Å².